The second-order valence-electron chi connectivity index (χ2n) is 4.31. The molecule has 0 aliphatic rings. The maximum atomic E-state index is 14.0. The van der Waals surface area contributed by atoms with Crippen LogP contribution in [0.1, 0.15) is 25.5 Å². The molecule has 0 atom stereocenters. The summed E-state index contributed by atoms with van der Waals surface area (Å²) in [5.41, 5.74) is 8.13. The van der Waals surface area contributed by atoms with E-state index in [4.69, 9.17) is 5.73 Å². The van der Waals surface area contributed by atoms with Gasteiger partial charge in [0, 0.05) is 6.04 Å². The van der Waals surface area contributed by atoms with Gasteiger partial charge in [0.05, 0.1) is 29.3 Å². The molecule has 0 unspecified atom stereocenters. The van der Waals surface area contributed by atoms with E-state index >= 15 is 0 Å². The number of hydrogen-bond donors (Lipinski definition) is 1. The summed E-state index contributed by atoms with van der Waals surface area (Å²) in [5, 5.41) is 4.01. The van der Waals surface area contributed by atoms with Crippen molar-refractivity contribution in [1.82, 2.24) is 14.8 Å². The van der Waals surface area contributed by atoms with Crippen LogP contribution < -0.4 is 5.73 Å². The second-order valence-corrected chi connectivity index (χ2v) is 4.31. The molecule has 2 N–H and O–H groups in total. The summed E-state index contributed by atoms with van der Waals surface area (Å²) >= 11 is 0. The lowest BCUT2D eigenvalue weighted by Crippen LogP contribution is -2.05. The van der Waals surface area contributed by atoms with Gasteiger partial charge in [-0.2, -0.15) is 9.49 Å². The number of nitrogens with two attached hydrogens (primary N) is 1. The van der Waals surface area contributed by atoms with Crippen LogP contribution in [0.3, 0.4) is 0 Å². The van der Waals surface area contributed by atoms with Crippen molar-refractivity contribution in [3.63, 3.8) is 0 Å². The molecule has 0 radical (unpaired) electrons. The minimum Gasteiger partial charge on any atom is -0.397 e. The molecule has 0 aliphatic heterocycles. The summed E-state index contributed by atoms with van der Waals surface area (Å²) in [7, 11) is 0. The zero-order valence-electron chi connectivity index (χ0n) is 10.1. The van der Waals surface area contributed by atoms with Gasteiger partial charge in [-0.05, 0) is 32.4 Å². The summed E-state index contributed by atoms with van der Waals surface area (Å²) in [5.74, 6) is -0.364. The Hall–Kier alpha value is -1.91. The van der Waals surface area contributed by atoms with Gasteiger partial charge in [-0.25, -0.2) is 4.68 Å². The van der Waals surface area contributed by atoms with Crippen molar-refractivity contribution in [2.75, 3.05) is 5.73 Å². The highest BCUT2D eigenvalue weighted by Gasteiger charge is 2.15. The number of nitrogens with zero attached hydrogens (tertiary/aromatic N) is 3. The van der Waals surface area contributed by atoms with E-state index in [2.05, 4.69) is 10.1 Å². The Morgan fingerprint density at radius 2 is 2.06 bits per heavy atom. The minimum absolute atomic E-state index is 0.0152. The average Bonchev–Trinajstić information content (AvgIpc) is 2.64. The van der Waals surface area contributed by atoms with E-state index in [-0.39, 0.29) is 12.0 Å². The molecular formula is C12H15FN4. The number of hydrogen-bond acceptors (Lipinski definition) is 3. The molecule has 2 rings (SSSR count). The van der Waals surface area contributed by atoms with Crippen LogP contribution in [0.25, 0.3) is 11.3 Å². The van der Waals surface area contributed by atoms with Gasteiger partial charge >= 0.3 is 0 Å². The van der Waals surface area contributed by atoms with Gasteiger partial charge in [0.1, 0.15) is 0 Å². The largest absolute Gasteiger partial charge is 0.397 e. The van der Waals surface area contributed by atoms with Crippen molar-refractivity contribution in [2.24, 2.45) is 0 Å². The van der Waals surface area contributed by atoms with Gasteiger partial charge in [-0.1, -0.05) is 0 Å². The third kappa shape index (κ3) is 2.00. The van der Waals surface area contributed by atoms with E-state index in [1.54, 1.807) is 6.07 Å². The van der Waals surface area contributed by atoms with Crippen molar-refractivity contribution in [1.29, 1.82) is 0 Å². The summed E-state index contributed by atoms with van der Waals surface area (Å²) in [4.78, 5) is 4.12. The van der Waals surface area contributed by atoms with Gasteiger partial charge in [0.2, 0.25) is 5.95 Å². The number of pyridine rings is 1. The Kier molecular flexibility index (Phi) is 2.83. The molecule has 2 aromatic rings. The predicted octanol–water partition coefficient (Wildman–Crippen LogP) is 2.56. The third-order valence-electron chi connectivity index (χ3n) is 2.65. The smallest absolute Gasteiger partial charge is 0.221 e. The highest BCUT2D eigenvalue weighted by atomic mass is 19.1. The number of rotatable bonds is 2. The van der Waals surface area contributed by atoms with Crippen molar-refractivity contribution in [3.05, 3.63) is 30.0 Å². The lowest BCUT2D eigenvalue weighted by molar-refractivity contribution is 0.417. The molecular weight excluding hydrogens is 219 g/mol. The molecule has 0 saturated carbocycles. The number of anilines is 1. The maximum Gasteiger partial charge on any atom is 0.221 e. The third-order valence-corrected chi connectivity index (χ3v) is 2.65. The maximum absolute atomic E-state index is 14.0. The molecule has 0 aliphatic carbocycles. The normalized spacial score (nSPS) is 11.1. The predicted molar refractivity (Wildman–Crippen MR) is 65.0 cm³/mol. The van der Waals surface area contributed by atoms with E-state index in [1.807, 2.05) is 20.8 Å². The lowest BCUT2D eigenvalue weighted by atomic mass is 10.1. The monoisotopic (exact) mass is 234 g/mol. The van der Waals surface area contributed by atoms with Crippen LogP contribution >= 0.6 is 0 Å². The molecule has 0 fully saturated rings. The Bertz CT molecular complexity index is 545. The first-order valence-corrected chi connectivity index (χ1v) is 5.46. The zero-order valence-corrected chi connectivity index (χ0v) is 10.1. The molecule has 4 nitrogen and oxygen atoms in total. The van der Waals surface area contributed by atoms with Crippen LogP contribution in [0.4, 0.5) is 10.1 Å². The van der Waals surface area contributed by atoms with E-state index in [0.29, 0.717) is 16.9 Å². The Balaban J connectivity index is 2.50. The van der Waals surface area contributed by atoms with Crippen LogP contribution in [-0.4, -0.2) is 14.8 Å². The van der Waals surface area contributed by atoms with Crippen LogP contribution in [-0.2, 0) is 0 Å². The first-order valence-electron chi connectivity index (χ1n) is 5.46. The quantitative estimate of drug-likeness (QED) is 0.868. The SMILES string of the molecule is Cc1cc(-c2cnn(C(C)C)c2F)ncc1N. The van der Waals surface area contributed by atoms with Crippen LogP contribution in [0.15, 0.2) is 18.5 Å². The standard InChI is InChI=1S/C12H15FN4/c1-7(2)17-12(13)9(5-16-17)11-4-8(3)10(14)6-15-11/h4-7H,14H2,1-3H3. The molecule has 90 valence electrons. The molecule has 0 spiro atoms. The minimum atomic E-state index is -0.364. The summed E-state index contributed by atoms with van der Waals surface area (Å²) in [6.07, 6.45) is 3.03. The highest BCUT2D eigenvalue weighted by molar-refractivity contribution is 5.61. The fourth-order valence-electron chi connectivity index (χ4n) is 1.59. The molecule has 2 heterocycles. The van der Waals surface area contributed by atoms with E-state index in [0.717, 1.165) is 5.56 Å². The molecule has 5 heteroatoms. The number of aryl methyl sites for hydroxylation is 1. The van der Waals surface area contributed by atoms with Crippen LogP contribution in [0.5, 0.6) is 0 Å². The molecule has 0 saturated heterocycles. The van der Waals surface area contributed by atoms with Gasteiger partial charge in [0.25, 0.3) is 0 Å². The van der Waals surface area contributed by atoms with Gasteiger partial charge in [0.15, 0.2) is 0 Å². The topological polar surface area (TPSA) is 56.7 Å². The van der Waals surface area contributed by atoms with Gasteiger partial charge < -0.3 is 5.73 Å². The van der Waals surface area contributed by atoms with E-state index in [1.165, 1.54) is 17.1 Å². The van der Waals surface area contributed by atoms with Crippen molar-refractivity contribution >= 4 is 5.69 Å². The van der Waals surface area contributed by atoms with Crippen LogP contribution in [0, 0.1) is 12.9 Å². The molecule has 0 aromatic carbocycles. The second kappa shape index (κ2) is 4.16. The summed E-state index contributed by atoms with van der Waals surface area (Å²) < 4.78 is 15.4. The highest BCUT2D eigenvalue weighted by Crippen LogP contribution is 2.24. The Labute approximate surface area is 99.3 Å². The van der Waals surface area contributed by atoms with Crippen molar-refractivity contribution < 1.29 is 4.39 Å². The van der Waals surface area contributed by atoms with E-state index in [9.17, 15) is 4.39 Å². The molecule has 0 amide bonds. The summed E-state index contributed by atoms with van der Waals surface area (Å²) in [6.45, 7) is 5.62. The fraction of sp³-hybridized carbons (Fsp3) is 0.333. The summed E-state index contributed by atoms with van der Waals surface area (Å²) in [6, 6.07) is 1.75. The zero-order chi connectivity index (χ0) is 12.6. The Morgan fingerprint density at radius 3 is 2.59 bits per heavy atom. The van der Waals surface area contributed by atoms with E-state index < -0.39 is 0 Å². The molecule has 0 bridgehead atoms. The first-order chi connectivity index (χ1) is 8.00. The number of nitrogen functional groups attached to an aromatic ring is 1. The number of halogens is 1. The number of aromatic nitrogens is 3. The van der Waals surface area contributed by atoms with Crippen molar-refractivity contribution in [2.45, 2.75) is 26.8 Å². The Morgan fingerprint density at radius 1 is 1.35 bits per heavy atom. The van der Waals surface area contributed by atoms with Gasteiger partial charge in [-0.15, -0.1) is 0 Å². The fourth-order valence-corrected chi connectivity index (χ4v) is 1.59. The van der Waals surface area contributed by atoms with Crippen LogP contribution in [0.2, 0.25) is 0 Å². The first kappa shape index (κ1) is 11.6. The van der Waals surface area contributed by atoms with Crippen molar-refractivity contribution in [3.8, 4) is 11.3 Å². The van der Waals surface area contributed by atoms with Gasteiger partial charge in [-0.3, -0.25) is 4.98 Å². The lowest BCUT2D eigenvalue weighted by Gasteiger charge is -2.06. The molecule has 2 aromatic heterocycles. The molecule has 17 heavy (non-hydrogen) atoms. The average molecular weight is 234 g/mol.